The maximum Gasteiger partial charge on any atom is 0.439 e. The van der Waals surface area contributed by atoms with Gasteiger partial charge in [0.05, 0.1) is 24.0 Å². The van der Waals surface area contributed by atoms with Gasteiger partial charge in [-0.2, -0.15) is 5.06 Å². The minimum absolute atomic E-state index is 0.0484. The molecule has 6 nitrogen and oxygen atoms in total. The van der Waals surface area contributed by atoms with Gasteiger partial charge < -0.3 is 9.47 Å². The molecule has 132 valence electrons. The van der Waals surface area contributed by atoms with Crippen molar-refractivity contribution in [1.82, 2.24) is 0 Å². The van der Waals surface area contributed by atoms with Crippen LogP contribution in [0.25, 0.3) is 0 Å². The number of benzene rings is 1. The van der Waals surface area contributed by atoms with Crippen molar-refractivity contribution >= 4 is 17.7 Å². The lowest BCUT2D eigenvalue weighted by Gasteiger charge is -2.33. The first kappa shape index (κ1) is 18.3. The van der Waals surface area contributed by atoms with Crippen LogP contribution in [0.1, 0.15) is 57.3 Å². The maximum atomic E-state index is 12.6. The molecule has 1 saturated carbocycles. The smallest absolute Gasteiger partial charge is 0.439 e. The molecule has 0 saturated heterocycles. The third-order valence-corrected chi connectivity index (χ3v) is 3.48. The topological polar surface area (TPSA) is 65.1 Å². The van der Waals surface area contributed by atoms with Crippen LogP contribution in [0.15, 0.2) is 24.3 Å². The van der Waals surface area contributed by atoms with Crippen LogP contribution in [-0.2, 0) is 14.3 Å². The molecule has 6 heteroatoms. The van der Waals surface area contributed by atoms with Crippen LogP contribution in [0, 0.1) is 0 Å². The predicted molar refractivity (Wildman–Crippen MR) is 89.8 cm³/mol. The van der Waals surface area contributed by atoms with Gasteiger partial charge in [0.1, 0.15) is 5.60 Å². The summed E-state index contributed by atoms with van der Waals surface area (Å²) in [5.74, 6) is -0.501. The summed E-state index contributed by atoms with van der Waals surface area (Å²) in [4.78, 5) is 30.6. The molecule has 0 bridgehead atoms. The average molecular weight is 335 g/mol. The van der Waals surface area contributed by atoms with Gasteiger partial charge >= 0.3 is 12.1 Å². The summed E-state index contributed by atoms with van der Waals surface area (Å²) in [6, 6.07) is 6.70. The van der Waals surface area contributed by atoms with Crippen LogP contribution < -0.4 is 5.06 Å². The first-order valence-electron chi connectivity index (χ1n) is 8.28. The van der Waals surface area contributed by atoms with E-state index in [4.69, 9.17) is 14.3 Å². The molecule has 1 amide bonds. The largest absolute Gasteiger partial charge is 0.462 e. The van der Waals surface area contributed by atoms with Gasteiger partial charge in [-0.15, -0.1) is 0 Å². The lowest BCUT2D eigenvalue weighted by Crippen LogP contribution is -2.42. The van der Waals surface area contributed by atoms with E-state index < -0.39 is 17.7 Å². The van der Waals surface area contributed by atoms with Crippen molar-refractivity contribution in [2.75, 3.05) is 11.7 Å². The van der Waals surface area contributed by atoms with Gasteiger partial charge in [-0.3, -0.25) is 4.84 Å². The standard InChI is InChI=1S/C18H25NO5/c1-5-22-16(20)14-11-6-7-12-15(14)19(24-13-9-8-10-13)17(21)23-18(2,3)4/h6-7,11-13H,5,8-10H2,1-4H3. The van der Waals surface area contributed by atoms with Gasteiger partial charge in [0.2, 0.25) is 0 Å². The van der Waals surface area contributed by atoms with E-state index in [9.17, 15) is 9.59 Å². The second kappa shape index (κ2) is 7.66. The molecule has 2 rings (SSSR count). The van der Waals surface area contributed by atoms with E-state index in [1.807, 2.05) is 0 Å². The van der Waals surface area contributed by atoms with Gasteiger partial charge in [-0.05, 0) is 59.1 Å². The normalized spacial score (nSPS) is 14.7. The molecule has 0 unspecified atom stereocenters. The Morgan fingerprint density at radius 3 is 2.42 bits per heavy atom. The molecule has 1 fully saturated rings. The summed E-state index contributed by atoms with van der Waals surface area (Å²) in [5, 5.41) is 1.08. The molecule has 24 heavy (non-hydrogen) atoms. The van der Waals surface area contributed by atoms with Crippen LogP contribution in [0.4, 0.5) is 10.5 Å². The number of anilines is 1. The Kier molecular flexibility index (Phi) is 5.83. The fourth-order valence-electron chi connectivity index (χ4n) is 2.16. The van der Waals surface area contributed by atoms with E-state index in [0.29, 0.717) is 5.69 Å². The van der Waals surface area contributed by atoms with Gasteiger partial charge in [0, 0.05) is 0 Å². The Labute approximate surface area is 142 Å². The molecule has 1 aromatic rings. The van der Waals surface area contributed by atoms with E-state index >= 15 is 0 Å². The van der Waals surface area contributed by atoms with E-state index in [2.05, 4.69) is 0 Å². The fourth-order valence-corrected chi connectivity index (χ4v) is 2.16. The zero-order valence-corrected chi connectivity index (χ0v) is 14.7. The van der Waals surface area contributed by atoms with Crippen LogP contribution >= 0.6 is 0 Å². The number of esters is 1. The number of ether oxygens (including phenoxy) is 2. The van der Waals surface area contributed by atoms with Crippen molar-refractivity contribution in [3.8, 4) is 0 Å². The lowest BCUT2D eigenvalue weighted by molar-refractivity contribution is -0.0300. The van der Waals surface area contributed by atoms with Gasteiger partial charge in [-0.25, -0.2) is 9.59 Å². The van der Waals surface area contributed by atoms with Gasteiger partial charge in [0.25, 0.3) is 0 Å². The molecule has 1 aliphatic rings. The molecule has 1 aliphatic carbocycles. The number of hydrogen-bond donors (Lipinski definition) is 0. The van der Waals surface area contributed by atoms with Crippen molar-refractivity contribution in [2.24, 2.45) is 0 Å². The number of nitrogens with zero attached hydrogens (tertiary/aromatic N) is 1. The highest BCUT2D eigenvalue weighted by Crippen LogP contribution is 2.29. The predicted octanol–water partition coefficient (Wildman–Crippen LogP) is 4.09. The SMILES string of the molecule is CCOC(=O)c1ccccc1N(OC1CCC1)C(=O)OC(C)(C)C. The van der Waals surface area contributed by atoms with E-state index in [0.717, 1.165) is 24.3 Å². The Bertz CT molecular complexity index is 589. The summed E-state index contributed by atoms with van der Waals surface area (Å²) in [5.41, 5.74) is -0.0707. The summed E-state index contributed by atoms with van der Waals surface area (Å²) >= 11 is 0. The molecule has 0 atom stereocenters. The number of para-hydroxylation sites is 1. The van der Waals surface area contributed by atoms with Crippen molar-refractivity contribution in [3.05, 3.63) is 29.8 Å². The summed E-state index contributed by atoms with van der Waals surface area (Å²) in [6.07, 6.45) is 2.12. The number of hydrogen-bond acceptors (Lipinski definition) is 5. The minimum atomic E-state index is -0.669. The first-order valence-corrected chi connectivity index (χ1v) is 8.28. The van der Waals surface area contributed by atoms with Crippen molar-refractivity contribution in [1.29, 1.82) is 0 Å². The molecule has 0 heterocycles. The number of hydroxylamine groups is 1. The summed E-state index contributed by atoms with van der Waals surface area (Å²) in [7, 11) is 0. The number of carbonyl (C=O) groups is 2. The number of amides is 1. The monoisotopic (exact) mass is 335 g/mol. The van der Waals surface area contributed by atoms with Crippen LogP contribution in [0.2, 0.25) is 0 Å². The third-order valence-electron chi connectivity index (χ3n) is 3.48. The van der Waals surface area contributed by atoms with Gasteiger partial charge in [0.15, 0.2) is 0 Å². The molecular formula is C18H25NO5. The Morgan fingerprint density at radius 2 is 1.88 bits per heavy atom. The second-order valence-corrected chi connectivity index (χ2v) is 6.67. The number of carbonyl (C=O) groups excluding carboxylic acids is 2. The molecule has 1 aromatic carbocycles. The molecule has 0 radical (unpaired) electrons. The second-order valence-electron chi connectivity index (χ2n) is 6.67. The summed E-state index contributed by atoms with van der Waals surface area (Å²) in [6.45, 7) is 7.33. The zero-order valence-electron chi connectivity index (χ0n) is 14.7. The Balaban J connectivity index is 2.32. The summed E-state index contributed by atoms with van der Waals surface area (Å²) < 4.78 is 10.5. The molecule has 0 aromatic heterocycles. The Morgan fingerprint density at radius 1 is 1.21 bits per heavy atom. The van der Waals surface area contributed by atoms with E-state index in [1.54, 1.807) is 52.0 Å². The molecule has 0 N–H and O–H groups in total. The highest BCUT2D eigenvalue weighted by Gasteiger charge is 2.32. The maximum absolute atomic E-state index is 12.6. The van der Waals surface area contributed by atoms with Crippen LogP contribution in [0.3, 0.4) is 0 Å². The quantitative estimate of drug-likeness (QED) is 0.599. The van der Waals surface area contributed by atoms with Crippen LogP contribution in [-0.4, -0.2) is 30.4 Å². The van der Waals surface area contributed by atoms with Gasteiger partial charge in [-0.1, -0.05) is 12.1 Å². The van der Waals surface area contributed by atoms with E-state index in [1.165, 1.54) is 0 Å². The molecule has 0 aliphatic heterocycles. The highest BCUT2D eigenvalue weighted by atomic mass is 16.7. The van der Waals surface area contributed by atoms with Crippen molar-refractivity contribution < 1.29 is 23.9 Å². The molecular weight excluding hydrogens is 310 g/mol. The number of rotatable bonds is 5. The van der Waals surface area contributed by atoms with E-state index in [-0.39, 0.29) is 18.3 Å². The third kappa shape index (κ3) is 4.71. The van der Waals surface area contributed by atoms with Crippen molar-refractivity contribution in [2.45, 2.75) is 58.7 Å². The highest BCUT2D eigenvalue weighted by molar-refractivity contribution is 6.00. The van der Waals surface area contributed by atoms with Crippen LogP contribution in [0.5, 0.6) is 0 Å². The fraction of sp³-hybridized carbons (Fsp3) is 0.556. The minimum Gasteiger partial charge on any atom is -0.462 e. The first-order chi connectivity index (χ1) is 11.3. The average Bonchev–Trinajstić information content (AvgIpc) is 2.44. The Hall–Kier alpha value is -2.08. The molecule has 0 spiro atoms. The zero-order chi connectivity index (χ0) is 17.7. The van der Waals surface area contributed by atoms with Crippen molar-refractivity contribution in [3.63, 3.8) is 0 Å². The lowest BCUT2D eigenvalue weighted by atomic mass is 9.97.